The Labute approximate surface area is 99.7 Å². The van der Waals surface area contributed by atoms with E-state index in [4.69, 9.17) is 9.16 Å². The van der Waals surface area contributed by atoms with Gasteiger partial charge in [0.2, 0.25) is 0 Å². The minimum Gasteiger partial charge on any atom is -0.491 e. The summed E-state index contributed by atoms with van der Waals surface area (Å²) in [5.41, 5.74) is 1.25. The molecular weight excluding hydrogens is 216 g/mol. The van der Waals surface area contributed by atoms with E-state index in [1.165, 1.54) is 5.56 Å². The molecule has 0 aliphatic rings. The maximum absolute atomic E-state index is 5.90. The average molecular weight is 238 g/mol. The van der Waals surface area contributed by atoms with E-state index in [1.54, 1.807) is 0 Å². The highest BCUT2D eigenvalue weighted by Crippen LogP contribution is 2.13. The second kappa shape index (κ2) is 5.50. The molecule has 0 saturated heterocycles. The number of aryl methyl sites for hydroxylation is 1. The van der Waals surface area contributed by atoms with Crippen LogP contribution in [0, 0.1) is 6.92 Å². The van der Waals surface area contributed by atoms with Crippen LogP contribution in [0.1, 0.15) is 12.5 Å². The average Bonchev–Trinajstić information content (AvgIpc) is 2.14. The van der Waals surface area contributed by atoms with Crippen molar-refractivity contribution < 1.29 is 9.16 Å². The molecule has 1 rings (SSSR count). The van der Waals surface area contributed by atoms with E-state index >= 15 is 0 Å². The van der Waals surface area contributed by atoms with Crippen molar-refractivity contribution in [3.8, 4) is 5.75 Å². The number of ether oxygens (including phenoxy) is 1. The van der Waals surface area contributed by atoms with Gasteiger partial charge in [-0.2, -0.15) is 0 Å². The summed E-state index contributed by atoms with van der Waals surface area (Å²) >= 11 is 0. The smallest absolute Gasteiger partial charge is 0.184 e. The summed E-state index contributed by atoms with van der Waals surface area (Å²) in [6.07, 6.45) is 0.160. The van der Waals surface area contributed by atoms with Gasteiger partial charge in [0, 0.05) is 0 Å². The topological polar surface area (TPSA) is 18.5 Å². The van der Waals surface area contributed by atoms with Gasteiger partial charge in [0.1, 0.15) is 12.4 Å². The Balaban J connectivity index is 2.37. The van der Waals surface area contributed by atoms with Gasteiger partial charge in [0.05, 0.1) is 6.10 Å². The first-order valence-electron chi connectivity index (χ1n) is 5.74. The van der Waals surface area contributed by atoms with E-state index in [0.717, 1.165) is 5.75 Å². The fourth-order valence-corrected chi connectivity index (χ4v) is 2.76. The van der Waals surface area contributed by atoms with Gasteiger partial charge in [0.15, 0.2) is 8.32 Å². The van der Waals surface area contributed by atoms with E-state index in [2.05, 4.69) is 45.6 Å². The molecule has 0 bridgehead atoms. The van der Waals surface area contributed by atoms with Crippen LogP contribution in [0.2, 0.25) is 19.6 Å². The van der Waals surface area contributed by atoms with Crippen LogP contribution in [0.5, 0.6) is 5.75 Å². The van der Waals surface area contributed by atoms with Gasteiger partial charge < -0.3 is 9.16 Å². The van der Waals surface area contributed by atoms with Gasteiger partial charge in [-0.25, -0.2) is 0 Å². The minimum absolute atomic E-state index is 0.160. The van der Waals surface area contributed by atoms with Crippen LogP contribution in [0.4, 0.5) is 0 Å². The molecule has 0 amide bonds. The lowest BCUT2D eigenvalue weighted by Gasteiger charge is -2.23. The van der Waals surface area contributed by atoms with Gasteiger partial charge in [-0.05, 0) is 45.6 Å². The van der Waals surface area contributed by atoms with Gasteiger partial charge in [-0.3, -0.25) is 0 Å². The first-order valence-corrected chi connectivity index (χ1v) is 9.15. The zero-order valence-corrected chi connectivity index (χ0v) is 11.9. The van der Waals surface area contributed by atoms with Gasteiger partial charge in [-0.15, -0.1) is 0 Å². The van der Waals surface area contributed by atoms with Crippen LogP contribution in [0.25, 0.3) is 0 Å². The highest BCUT2D eigenvalue weighted by atomic mass is 28.4. The summed E-state index contributed by atoms with van der Waals surface area (Å²) in [6, 6.07) is 8.10. The molecule has 1 unspecified atom stereocenters. The van der Waals surface area contributed by atoms with E-state index < -0.39 is 8.32 Å². The van der Waals surface area contributed by atoms with E-state index in [9.17, 15) is 0 Å². The van der Waals surface area contributed by atoms with Crippen LogP contribution in [-0.4, -0.2) is 21.0 Å². The van der Waals surface area contributed by atoms with Crippen LogP contribution in [0.15, 0.2) is 24.3 Å². The Kier molecular flexibility index (Phi) is 4.56. The van der Waals surface area contributed by atoms with Gasteiger partial charge in [-0.1, -0.05) is 17.7 Å². The molecule has 0 radical (unpaired) electrons. The van der Waals surface area contributed by atoms with Crippen molar-refractivity contribution in [3.05, 3.63) is 29.8 Å². The molecule has 3 heteroatoms. The van der Waals surface area contributed by atoms with Crippen molar-refractivity contribution in [2.45, 2.75) is 39.6 Å². The summed E-state index contributed by atoms with van der Waals surface area (Å²) in [6.45, 7) is 11.3. The lowest BCUT2D eigenvalue weighted by molar-refractivity contribution is 0.137. The molecule has 0 aliphatic heterocycles. The third-order valence-corrected chi connectivity index (χ3v) is 3.17. The van der Waals surface area contributed by atoms with Crippen LogP contribution < -0.4 is 4.74 Å². The monoisotopic (exact) mass is 238 g/mol. The molecule has 90 valence electrons. The minimum atomic E-state index is -1.45. The fourth-order valence-electron chi connectivity index (χ4n) is 1.49. The molecule has 0 aliphatic carbocycles. The molecule has 0 N–H and O–H groups in total. The molecule has 16 heavy (non-hydrogen) atoms. The Bertz CT molecular complexity index is 314. The predicted molar refractivity (Wildman–Crippen MR) is 70.6 cm³/mol. The maximum atomic E-state index is 5.90. The molecule has 1 aromatic carbocycles. The quantitative estimate of drug-likeness (QED) is 0.730. The maximum Gasteiger partial charge on any atom is 0.184 e. The summed E-state index contributed by atoms with van der Waals surface area (Å²) < 4.78 is 11.6. The standard InChI is InChI=1S/C13H22O2Si/c1-11-6-8-13(9-7-11)14-10-12(2)15-16(3,4)5/h6-9,12H,10H2,1-5H3. The SMILES string of the molecule is Cc1ccc(OCC(C)O[Si](C)(C)C)cc1. The van der Waals surface area contributed by atoms with E-state index in [0.29, 0.717) is 6.61 Å². The van der Waals surface area contributed by atoms with Crippen LogP contribution in [0.3, 0.4) is 0 Å². The molecule has 0 heterocycles. The highest BCUT2D eigenvalue weighted by molar-refractivity contribution is 6.69. The van der Waals surface area contributed by atoms with Gasteiger partial charge >= 0.3 is 0 Å². The van der Waals surface area contributed by atoms with Crippen molar-refractivity contribution >= 4 is 8.32 Å². The lowest BCUT2D eigenvalue weighted by atomic mass is 10.2. The third kappa shape index (κ3) is 5.33. The Morgan fingerprint density at radius 3 is 2.19 bits per heavy atom. The summed E-state index contributed by atoms with van der Waals surface area (Å²) in [5.74, 6) is 0.914. The van der Waals surface area contributed by atoms with Crippen molar-refractivity contribution in [3.63, 3.8) is 0 Å². The lowest BCUT2D eigenvalue weighted by Crippen LogP contribution is -2.33. The summed E-state index contributed by atoms with van der Waals surface area (Å²) in [7, 11) is -1.45. The molecule has 1 atom stereocenters. The zero-order valence-electron chi connectivity index (χ0n) is 10.9. The molecule has 0 saturated carbocycles. The number of hydrogen-bond acceptors (Lipinski definition) is 2. The number of benzene rings is 1. The Hall–Kier alpha value is -0.803. The molecule has 0 aromatic heterocycles. The van der Waals surface area contributed by atoms with Crippen molar-refractivity contribution in [2.75, 3.05) is 6.61 Å². The van der Waals surface area contributed by atoms with Crippen LogP contribution >= 0.6 is 0 Å². The van der Waals surface area contributed by atoms with Crippen molar-refractivity contribution in [2.24, 2.45) is 0 Å². The normalized spacial score (nSPS) is 13.6. The molecule has 2 nitrogen and oxygen atoms in total. The first-order chi connectivity index (χ1) is 7.37. The number of hydrogen-bond donors (Lipinski definition) is 0. The highest BCUT2D eigenvalue weighted by Gasteiger charge is 2.18. The fraction of sp³-hybridized carbons (Fsp3) is 0.538. The molecular formula is C13H22O2Si. The largest absolute Gasteiger partial charge is 0.491 e. The summed E-state index contributed by atoms with van der Waals surface area (Å²) in [4.78, 5) is 0. The zero-order chi connectivity index (χ0) is 12.2. The van der Waals surface area contributed by atoms with Crippen LogP contribution in [-0.2, 0) is 4.43 Å². The summed E-state index contributed by atoms with van der Waals surface area (Å²) in [5, 5.41) is 0. The first kappa shape index (κ1) is 13.3. The Morgan fingerprint density at radius 1 is 1.12 bits per heavy atom. The number of rotatable bonds is 5. The van der Waals surface area contributed by atoms with Crippen molar-refractivity contribution in [1.29, 1.82) is 0 Å². The molecule has 1 aromatic rings. The van der Waals surface area contributed by atoms with E-state index in [-0.39, 0.29) is 6.10 Å². The van der Waals surface area contributed by atoms with Gasteiger partial charge in [0.25, 0.3) is 0 Å². The second-order valence-corrected chi connectivity index (χ2v) is 9.63. The molecule has 0 spiro atoms. The predicted octanol–water partition coefficient (Wildman–Crippen LogP) is 3.61. The molecule has 0 fully saturated rings. The van der Waals surface area contributed by atoms with E-state index in [1.807, 2.05) is 12.1 Å². The van der Waals surface area contributed by atoms with Crippen molar-refractivity contribution in [1.82, 2.24) is 0 Å². The second-order valence-electron chi connectivity index (χ2n) is 5.16. The Morgan fingerprint density at radius 2 is 1.69 bits per heavy atom. The third-order valence-electron chi connectivity index (χ3n) is 2.06.